The Morgan fingerprint density at radius 2 is 1.63 bits per heavy atom. The lowest BCUT2D eigenvalue weighted by molar-refractivity contribution is -0.143. The van der Waals surface area contributed by atoms with Gasteiger partial charge in [-0.15, -0.1) is 0 Å². The van der Waals surface area contributed by atoms with E-state index in [4.69, 9.17) is 0 Å². The summed E-state index contributed by atoms with van der Waals surface area (Å²) >= 11 is 0. The van der Waals surface area contributed by atoms with Gasteiger partial charge in [-0.3, -0.25) is 4.79 Å². The first-order chi connectivity index (χ1) is 8.92. The molecule has 0 aromatic carbocycles. The van der Waals surface area contributed by atoms with Crippen molar-refractivity contribution in [3.63, 3.8) is 0 Å². The summed E-state index contributed by atoms with van der Waals surface area (Å²) in [5.74, 6) is 0.929. The van der Waals surface area contributed by atoms with Crippen molar-refractivity contribution in [1.82, 2.24) is 0 Å². The summed E-state index contributed by atoms with van der Waals surface area (Å²) in [6.45, 7) is 11.0. The van der Waals surface area contributed by atoms with Gasteiger partial charge >= 0.3 is 5.97 Å². The number of hydrogen-bond donors (Lipinski definition) is 1. The van der Waals surface area contributed by atoms with Crippen LogP contribution in [0.15, 0.2) is 0 Å². The van der Waals surface area contributed by atoms with Crippen molar-refractivity contribution < 1.29 is 9.90 Å². The zero-order valence-electron chi connectivity index (χ0n) is 13.6. The van der Waals surface area contributed by atoms with Gasteiger partial charge in [-0.05, 0) is 30.6 Å². The molecule has 0 saturated heterocycles. The lowest BCUT2D eigenvalue weighted by Crippen LogP contribution is -2.22. The average molecular weight is 270 g/mol. The van der Waals surface area contributed by atoms with Crippen molar-refractivity contribution >= 4 is 5.97 Å². The van der Waals surface area contributed by atoms with Gasteiger partial charge in [0.25, 0.3) is 0 Å². The molecule has 114 valence electrons. The number of hydrogen-bond acceptors (Lipinski definition) is 1. The molecule has 0 bridgehead atoms. The van der Waals surface area contributed by atoms with Crippen LogP contribution in [-0.4, -0.2) is 11.1 Å². The van der Waals surface area contributed by atoms with E-state index in [1.54, 1.807) is 0 Å². The van der Waals surface area contributed by atoms with Gasteiger partial charge in [0.1, 0.15) is 0 Å². The molecule has 3 unspecified atom stereocenters. The Hall–Kier alpha value is -0.530. The van der Waals surface area contributed by atoms with Gasteiger partial charge in [-0.1, -0.05) is 66.7 Å². The molecule has 3 atom stereocenters. The number of carboxylic acids is 1. The number of carbonyl (C=O) groups is 1. The molecule has 19 heavy (non-hydrogen) atoms. The van der Waals surface area contributed by atoms with Crippen LogP contribution in [0.3, 0.4) is 0 Å². The van der Waals surface area contributed by atoms with Gasteiger partial charge in [0.05, 0.1) is 5.92 Å². The molecule has 0 spiro atoms. The fourth-order valence-electron chi connectivity index (χ4n) is 2.70. The van der Waals surface area contributed by atoms with Crippen LogP contribution >= 0.6 is 0 Å². The van der Waals surface area contributed by atoms with Crippen LogP contribution in [0.25, 0.3) is 0 Å². The monoisotopic (exact) mass is 270 g/mol. The third kappa shape index (κ3) is 8.28. The largest absolute Gasteiger partial charge is 0.481 e. The van der Waals surface area contributed by atoms with E-state index < -0.39 is 5.97 Å². The number of aliphatic carboxylic acids is 1. The fourth-order valence-corrected chi connectivity index (χ4v) is 2.70. The number of unbranched alkanes of at least 4 members (excludes halogenated alkanes) is 1. The van der Waals surface area contributed by atoms with Crippen molar-refractivity contribution in [2.45, 2.75) is 79.6 Å². The van der Waals surface area contributed by atoms with E-state index in [1.165, 1.54) is 32.1 Å². The van der Waals surface area contributed by atoms with Crippen molar-refractivity contribution in [3.8, 4) is 0 Å². The van der Waals surface area contributed by atoms with E-state index in [0.29, 0.717) is 17.8 Å². The van der Waals surface area contributed by atoms with Crippen LogP contribution in [0.2, 0.25) is 0 Å². The van der Waals surface area contributed by atoms with Gasteiger partial charge in [0, 0.05) is 0 Å². The lowest BCUT2D eigenvalue weighted by Gasteiger charge is -2.24. The quantitative estimate of drug-likeness (QED) is 0.548. The highest BCUT2D eigenvalue weighted by Gasteiger charge is 2.25. The molecule has 0 heterocycles. The second-order valence-electron chi connectivity index (χ2n) is 6.52. The zero-order valence-corrected chi connectivity index (χ0v) is 13.6. The first-order valence-electron chi connectivity index (χ1n) is 8.15. The zero-order chi connectivity index (χ0) is 14.8. The summed E-state index contributed by atoms with van der Waals surface area (Å²) in [6.07, 6.45) is 7.70. The summed E-state index contributed by atoms with van der Waals surface area (Å²) in [5.41, 5.74) is 0. The Balaban J connectivity index is 4.46. The van der Waals surface area contributed by atoms with E-state index in [-0.39, 0.29) is 5.92 Å². The first-order valence-corrected chi connectivity index (χ1v) is 8.15. The predicted molar refractivity (Wildman–Crippen MR) is 82.3 cm³/mol. The van der Waals surface area contributed by atoms with Crippen molar-refractivity contribution in [2.75, 3.05) is 0 Å². The Labute approximate surface area is 120 Å². The minimum atomic E-state index is -0.592. The first kappa shape index (κ1) is 18.5. The van der Waals surface area contributed by atoms with E-state index >= 15 is 0 Å². The average Bonchev–Trinajstić information content (AvgIpc) is 2.34. The Morgan fingerprint density at radius 3 is 2.05 bits per heavy atom. The Morgan fingerprint density at radius 1 is 1.00 bits per heavy atom. The molecule has 2 heteroatoms. The van der Waals surface area contributed by atoms with Gasteiger partial charge in [0.2, 0.25) is 0 Å². The van der Waals surface area contributed by atoms with Crippen LogP contribution in [-0.2, 0) is 4.79 Å². The topological polar surface area (TPSA) is 37.3 Å². The third-order valence-corrected chi connectivity index (χ3v) is 4.42. The Bertz CT molecular complexity index is 235. The second-order valence-corrected chi connectivity index (χ2v) is 6.52. The van der Waals surface area contributed by atoms with Crippen molar-refractivity contribution in [2.24, 2.45) is 23.7 Å². The minimum absolute atomic E-state index is 0.147. The molecule has 0 saturated carbocycles. The van der Waals surface area contributed by atoms with Crippen molar-refractivity contribution in [1.29, 1.82) is 0 Å². The maximum Gasteiger partial charge on any atom is 0.306 e. The Kier molecular flexibility index (Phi) is 9.99. The molecule has 0 aliphatic carbocycles. The lowest BCUT2D eigenvalue weighted by atomic mass is 9.81. The van der Waals surface area contributed by atoms with Gasteiger partial charge in [0.15, 0.2) is 0 Å². The van der Waals surface area contributed by atoms with E-state index in [1.807, 2.05) is 0 Å². The van der Waals surface area contributed by atoms with Crippen LogP contribution in [0, 0.1) is 23.7 Å². The normalized spacial score (nSPS) is 16.3. The molecule has 0 aromatic heterocycles. The number of carboxylic acid groups (broad SMARTS) is 1. The van der Waals surface area contributed by atoms with Crippen LogP contribution in [0.1, 0.15) is 79.6 Å². The third-order valence-electron chi connectivity index (χ3n) is 4.42. The van der Waals surface area contributed by atoms with Gasteiger partial charge < -0.3 is 5.11 Å². The highest BCUT2D eigenvalue weighted by Crippen LogP contribution is 2.29. The molecule has 0 fully saturated rings. The van der Waals surface area contributed by atoms with E-state index in [9.17, 15) is 9.90 Å². The van der Waals surface area contributed by atoms with Crippen LogP contribution in [0.5, 0.6) is 0 Å². The fraction of sp³-hybridized carbons (Fsp3) is 0.941. The van der Waals surface area contributed by atoms with Crippen molar-refractivity contribution in [3.05, 3.63) is 0 Å². The predicted octanol–water partition coefficient (Wildman–Crippen LogP) is 5.37. The smallest absolute Gasteiger partial charge is 0.306 e. The molecule has 0 amide bonds. The molecule has 0 aliphatic heterocycles. The molecule has 2 nitrogen and oxygen atoms in total. The second kappa shape index (κ2) is 10.3. The molecule has 0 aromatic rings. The summed E-state index contributed by atoms with van der Waals surface area (Å²) in [5, 5.41) is 9.45. The molecule has 0 aliphatic rings. The molecule has 1 N–H and O–H groups in total. The van der Waals surface area contributed by atoms with Crippen LogP contribution in [0.4, 0.5) is 0 Å². The van der Waals surface area contributed by atoms with Gasteiger partial charge in [-0.25, -0.2) is 0 Å². The van der Waals surface area contributed by atoms with Gasteiger partial charge in [-0.2, -0.15) is 0 Å². The highest BCUT2D eigenvalue weighted by molar-refractivity contribution is 5.69. The molecule has 0 radical (unpaired) electrons. The summed E-state index contributed by atoms with van der Waals surface area (Å²) in [4.78, 5) is 11.5. The SMILES string of the molecule is CCCCC(CCC)CC(CC(C)C(C)C)C(=O)O. The number of rotatable bonds is 11. The molecular weight excluding hydrogens is 236 g/mol. The molecular formula is C17H34O2. The molecule has 0 rings (SSSR count). The highest BCUT2D eigenvalue weighted by atomic mass is 16.4. The maximum absolute atomic E-state index is 11.5. The van der Waals surface area contributed by atoms with E-state index in [0.717, 1.165) is 12.8 Å². The summed E-state index contributed by atoms with van der Waals surface area (Å²) < 4.78 is 0. The van der Waals surface area contributed by atoms with E-state index in [2.05, 4.69) is 34.6 Å². The maximum atomic E-state index is 11.5. The van der Waals surface area contributed by atoms with Crippen LogP contribution < -0.4 is 0 Å². The standard InChI is InChI=1S/C17H34O2/c1-6-8-10-15(9-7-2)12-16(17(18)19)11-14(5)13(3)4/h13-16H,6-12H2,1-5H3,(H,18,19). The summed E-state index contributed by atoms with van der Waals surface area (Å²) in [7, 11) is 0. The minimum Gasteiger partial charge on any atom is -0.481 e. The summed E-state index contributed by atoms with van der Waals surface area (Å²) in [6, 6.07) is 0.